The van der Waals surface area contributed by atoms with E-state index in [2.05, 4.69) is 17.1 Å². The summed E-state index contributed by atoms with van der Waals surface area (Å²) in [5.74, 6) is 2.01. The lowest BCUT2D eigenvalue weighted by molar-refractivity contribution is 0.391. The van der Waals surface area contributed by atoms with Crippen molar-refractivity contribution < 1.29 is 9.47 Å². The zero-order valence-electron chi connectivity index (χ0n) is 10.8. The average molecular weight is 247 g/mol. The van der Waals surface area contributed by atoms with Gasteiger partial charge in [-0.1, -0.05) is 6.92 Å². The number of hydrogen-bond donors (Lipinski definition) is 2. The third kappa shape index (κ3) is 2.11. The number of nitrogens with two attached hydrogens (primary N) is 1. The SMILES string of the molecule is CCc1c(OC)cc(OC)cc1-c1cc(N)n[nH]1. The van der Waals surface area contributed by atoms with E-state index in [9.17, 15) is 0 Å². The van der Waals surface area contributed by atoms with Crippen molar-refractivity contribution in [1.82, 2.24) is 10.2 Å². The molecule has 5 nitrogen and oxygen atoms in total. The molecule has 2 aromatic rings. The molecule has 0 unspecified atom stereocenters. The molecule has 0 fully saturated rings. The summed E-state index contributed by atoms with van der Waals surface area (Å²) in [5, 5.41) is 6.86. The van der Waals surface area contributed by atoms with Gasteiger partial charge < -0.3 is 15.2 Å². The second-order valence-electron chi connectivity index (χ2n) is 3.92. The summed E-state index contributed by atoms with van der Waals surface area (Å²) in [6.07, 6.45) is 0.849. The van der Waals surface area contributed by atoms with E-state index in [1.165, 1.54) is 0 Å². The molecule has 0 atom stereocenters. The number of anilines is 1. The Kier molecular flexibility index (Phi) is 3.41. The van der Waals surface area contributed by atoms with Crippen molar-refractivity contribution in [3.8, 4) is 22.8 Å². The van der Waals surface area contributed by atoms with Crippen LogP contribution in [0.5, 0.6) is 11.5 Å². The van der Waals surface area contributed by atoms with Gasteiger partial charge in [-0.2, -0.15) is 5.10 Å². The molecule has 0 aliphatic heterocycles. The summed E-state index contributed by atoms with van der Waals surface area (Å²) in [7, 11) is 3.28. The number of methoxy groups -OCH3 is 2. The molecule has 18 heavy (non-hydrogen) atoms. The molecule has 1 aromatic heterocycles. The van der Waals surface area contributed by atoms with Crippen molar-refractivity contribution in [2.45, 2.75) is 13.3 Å². The molecule has 0 aliphatic carbocycles. The first kappa shape index (κ1) is 12.3. The normalized spacial score (nSPS) is 10.4. The summed E-state index contributed by atoms with van der Waals surface area (Å²) < 4.78 is 10.7. The first-order chi connectivity index (χ1) is 8.69. The summed E-state index contributed by atoms with van der Waals surface area (Å²) in [6.45, 7) is 2.08. The molecule has 0 amide bonds. The van der Waals surface area contributed by atoms with E-state index in [0.29, 0.717) is 5.82 Å². The van der Waals surface area contributed by atoms with Gasteiger partial charge in [0.2, 0.25) is 0 Å². The Balaban J connectivity index is 2.63. The Morgan fingerprint density at radius 2 is 2.00 bits per heavy atom. The number of nitrogens with one attached hydrogen (secondary N) is 1. The molecule has 0 saturated carbocycles. The Morgan fingerprint density at radius 3 is 2.50 bits per heavy atom. The fraction of sp³-hybridized carbons (Fsp3) is 0.308. The van der Waals surface area contributed by atoms with Gasteiger partial charge in [0.05, 0.1) is 19.9 Å². The van der Waals surface area contributed by atoms with Crippen LogP contribution in [0.4, 0.5) is 5.82 Å². The summed E-state index contributed by atoms with van der Waals surface area (Å²) in [4.78, 5) is 0. The number of aromatic amines is 1. The largest absolute Gasteiger partial charge is 0.497 e. The topological polar surface area (TPSA) is 73.2 Å². The average Bonchev–Trinajstić information content (AvgIpc) is 2.83. The highest BCUT2D eigenvalue weighted by atomic mass is 16.5. The van der Waals surface area contributed by atoms with E-state index >= 15 is 0 Å². The standard InChI is InChI=1S/C13H17N3O2/c1-4-9-10(11-7-13(14)16-15-11)5-8(17-2)6-12(9)18-3/h5-7H,4H2,1-3H3,(H3,14,15,16). The van der Waals surface area contributed by atoms with Crippen molar-refractivity contribution in [2.75, 3.05) is 20.0 Å². The molecule has 0 bridgehead atoms. The van der Waals surface area contributed by atoms with Crippen molar-refractivity contribution in [1.29, 1.82) is 0 Å². The molecule has 1 heterocycles. The molecule has 0 spiro atoms. The second-order valence-corrected chi connectivity index (χ2v) is 3.92. The molecular formula is C13H17N3O2. The van der Waals surface area contributed by atoms with Gasteiger partial charge in [-0.05, 0) is 12.5 Å². The minimum Gasteiger partial charge on any atom is -0.497 e. The third-order valence-corrected chi connectivity index (χ3v) is 2.88. The maximum Gasteiger partial charge on any atom is 0.145 e. The minimum atomic E-state index is 0.467. The lowest BCUT2D eigenvalue weighted by Gasteiger charge is -2.13. The number of H-pyrrole nitrogens is 1. The van der Waals surface area contributed by atoms with E-state index < -0.39 is 0 Å². The lowest BCUT2D eigenvalue weighted by atomic mass is 10.0. The van der Waals surface area contributed by atoms with Crippen LogP contribution < -0.4 is 15.2 Å². The molecule has 5 heteroatoms. The minimum absolute atomic E-state index is 0.467. The quantitative estimate of drug-likeness (QED) is 0.869. The predicted octanol–water partition coefficient (Wildman–Crippen LogP) is 2.24. The van der Waals surface area contributed by atoms with Crippen LogP contribution in [0.25, 0.3) is 11.3 Å². The third-order valence-electron chi connectivity index (χ3n) is 2.88. The monoisotopic (exact) mass is 247 g/mol. The Morgan fingerprint density at radius 1 is 1.22 bits per heavy atom. The number of benzene rings is 1. The predicted molar refractivity (Wildman–Crippen MR) is 70.9 cm³/mol. The van der Waals surface area contributed by atoms with Crippen LogP contribution in [0.15, 0.2) is 18.2 Å². The summed E-state index contributed by atoms with van der Waals surface area (Å²) >= 11 is 0. The highest BCUT2D eigenvalue weighted by Gasteiger charge is 2.14. The molecule has 96 valence electrons. The fourth-order valence-electron chi connectivity index (χ4n) is 2.00. The highest BCUT2D eigenvalue weighted by Crippen LogP contribution is 2.35. The maximum atomic E-state index is 5.64. The second kappa shape index (κ2) is 5.00. The number of nitrogen functional groups attached to an aromatic ring is 1. The van der Waals surface area contributed by atoms with Crippen molar-refractivity contribution >= 4 is 5.82 Å². The highest BCUT2D eigenvalue weighted by molar-refractivity contribution is 5.71. The number of rotatable bonds is 4. The first-order valence-corrected chi connectivity index (χ1v) is 5.75. The Hall–Kier alpha value is -2.17. The van der Waals surface area contributed by atoms with Crippen molar-refractivity contribution in [2.24, 2.45) is 0 Å². The van der Waals surface area contributed by atoms with Gasteiger partial charge in [0.15, 0.2) is 0 Å². The van der Waals surface area contributed by atoms with Gasteiger partial charge in [-0.25, -0.2) is 0 Å². The Labute approximate surface area is 106 Å². The van der Waals surface area contributed by atoms with Gasteiger partial charge in [0.1, 0.15) is 17.3 Å². The number of ether oxygens (including phenoxy) is 2. The molecule has 3 N–H and O–H groups in total. The van der Waals surface area contributed by atoms with E-state index in [1.807, 2.05) is 12.1 Å². The summed E-state index contributed by atoms with van der Waals surface area (Å²) in [6, 6.07) is 5.63. The van der Waals surface area contributed by atoms with E-state index in [-0.39, 0.29) is 0 Å². The van der Waals surface area contributed by atoms with Gasteiger partial charge in [0, 0.05) is 23.3 Å². The molecule has 2 rings (SSSR count). The smallest absolute Gasteiger partial charge is 0.145 e. The molecule has 1 aromatic carbocycles. The lowest BCUT2D eigenvalue weighted by Crippen LogP contribution is -1.96. The maximum absolute atomic E-state index is 5.64. The van der Waals surface area contributed by atoms with Crippen LogP contribution >= 0.6 is 0 Å². The van der Waals surface area contributed by atoms with Crippen molar-refractivity contribution in [3.05, 3.63) is 23.8 Å². The van der Waals surface area contributed by atoms with Gasteiger partial charge >= 0.3 is 0 Å². The number of hydrogen-bond acceptors (Lipinski definition) is 4. The van der Waals surface area contributed by atoms with Crippen molar-refractivity contribution in [3.63, 3.8) is 0 Å². The van der Waals surface area contributed by atoms with E-state index in [4.69, 9.17) is 15.2 Å². The van der Waals surface area contributed by atoms with Crippen LogP contribution in [-0.4, -0.2) is 24.4 Å². The zero-order valence-corrected chi connectivity index (χ0v) is 10.8. The van der Waals surface area contributed by atoms with Crippen LogP contribution in [0.1, 0.15) is 12.5 Å². The van der Waals surface area contributed by atoms with Gasteiger partial charge in [-0.15, -0.1) is 0 Å². The number of nitrogens with zero attached hydrogens (tertiary/aromatic N) is 1. The summed E-state index contributed by atoms with van der Waals surface area (Å²) in [5.41, 5.74) is 8.60. The van der Waals surface area contributed by atoms with E-state index in [1.54, 1.807) is 20.3 Å². The molecule has 0 saturated heterocycles. The van der Waals surface area contributed by atoms with Gasteiger partial charge in [-0.3, -0.25) is 5.10 Å². The molecule has 0 aliphatic rings. The van der Waals surface area contributed by atoms with Crippen LogP contribution in [0.3, 0.4) is 0 Å². The fourth-order valence-corrected chi connectivity index (χ4v) is 2.00. The Bertz CT molecular complexity index is 549. The van der Waals surface area contributed by atoms with Crippen LogP contribution in [-0.2, 0) is 6.42 Å². The van der Waals surface area contributed by atoms with E-state index in [0.717, 1.165) is 34.7 Å². The molecule has 0 radical (unpaired) electrons. The molecular weight excluding hydrogens is 230 g/mol. The number of aromatic nitrogens is 2. The first-order valence-electron chi connectivity index (χ1n) is 5.75. The van der Waals surface area contributed by atoms with Crippen LogP contribution in [0, 0.1) is 0 Å². The zero-order chi connectivity index (χ0) is 13.1. The van der Waals surface area contributed by atoms with Crippen LogP contribution in [0.2, 0.25) is 0 Å². The van der Waals surface area contributed by atoms with Gasteiger partial charge in [0.25, 0.3) is 0 Å².